The minimum Gasteiger partial charge on any atom is -0.378 e. The smallest absolute Gasteiger partial charge is 0.245 e. The van der Waals surface area contributed by atoms with Crippen LogP contribution in [0.5, 0.6) is 0 Å². The molecule has 2 amide bonds. The van der Waals surface area contributed by atoms with Crippen molar-refractivity contribution in [3.05, 3.63) is 12.2 Å². The lowest BCUT2D eigenvalue weighted by atomic mass is 10.1. The Balaban J connectivity index is 2.35. The van der Waals surface area contributed by atoms with E-state index in [1.54, 1.807) is 18.0 Å². The quantitative estimate of drug-likeness (QED) is 0.699. The van der Waals surface area contributed by atoms with E-state index in [1.165, 1.54) is 0 Å². The first-order valence-corrected chi connectivity index (χ1v) is 7.71. The van der Waals surface area contributed by atoms with Crippen LogP contribution in [0.3, 0.4) is 0 Å². The summed E-state index contributed by atoms with van der Waals surface area (Å²) in [4.78, 5) is 27.6. The highest BCUT2D eigenvalue weighted by Crippen LogP contribution is 2.10. The van der Waals surface area contributed by atoms with Crippen LogP contribution in [-0.4, -0.2) is 61.5 Å². The number of hydrogen-bond donors (Lipinski definition) is 0. The minimum absolute atomic E-state index is 0.00489. The van der Waals surface area contributed by atoms with Gasteiger partial charge in [-0.1, -0.05) is 26.8 Å². The van der Waals surface area contributed by atoms with Gasteiger partial charge in [0.1, 0.15) is 0 Å². The Morgan fingerprint density at radius 2 is 1.86 bits per heavy atom. The molecule has 0 aromatic carbocycles. The van der Waals surface area contributed by atoms with Crippen LogP contribution in [0.4, 0.5) is 0 Å². The van der Waals surface area contributed by atoms with E-state index in [4.69, 9.17) is 4.74 Å². The molecule has 1 saturated heterocycles. The number of amides is 2. The molecule has 5 heteroatoms. The van der Waals surface area contributed by atoms with E-state index in [1.807, 2.05) is 31.7 Å². The van der Waals surface area contributed by atoms with Crippen molar-refractivity contribution in [2.75, 3.05) is 39.9 Å². The fraction of sp³-hybridized carbons (Fsp3) is 0.750. The van der Waals surface area contributed by atoms with Crippen molar-refractivity contribution in [3.63, 3.8) is 0 Å². The van der Waals surface area contributed by atoms with Crippen LogP contribution in [0.25, 0.3) is 0 Å². The van der Waals surface area contributed by atoms with Crippen LogP contribution in [0.1, 0.15) is 27.2 Å². The number of carbonyl (C=O) groups is 2. The fourth-order valence-electron chi connectivity index (χ4n) is 2.12. The number of morpholine rings is 1. The molecule has 0 N–H and O–H groups in total. The second kappa shape index (κ2) is 8.82. The first-order valence-electron chi connectivity index (χ1n) is 7.71. The van der Waals surface area contributed by atoms with Gasteiger partial charge in [0.2, 0.25) is 11.8 Å². The molecule has 21 heavy (non-hydrogen) atoms. The fourth-order valence-corrected chi connectivity index (χ4v) is 2.12. The van der Waals surface area contributed by atoms with E-state index >= 15 is 0 Å². The van der Waals surface area contributed by atoms with Crippen molar-refractivity contribution in [1.82, 2.24) is 9.80 Å². The SMILES string of the molecule is CC(C)/C=C/C(=O)N(C)CCC(C)C(=O)N1CCOCC1. The van der Waals surface area contributed by atoms with Crippen LogP contribution in [0.15, 0.2) is 12.2 Å². The first-order chi connectivity index (χ1) is 9.91. The van der Waals surface area contributed by atoms with Crippen molar-refractivity contribution in [2.45, 2.75) is 27.2 Å². The van der Waals surface area contributed by atoms with Gasteiger partial charge < -0.3 is 14.5 Å². The summed E-state index contributed by atoms with van der Waals surface area (Å²) in [5.74, 6) is 0.461. The number of hydrogen-bond acceptors (Lipinski definition) is 3. The highest BCUT2D eigenvalue weighted by Gasteiger charge is 2.22. The number of ether oxygens (including phenoxy) is 1. The van der Waals surface area contributed by atoms with Crippen molar-refractivity contribution < 1.29 is 14.3 Å². The van der Waals surface area contributed by atoms with Crippen molar-refractivity contribution >= 4 is 11.8 Å². The summed E-state index contributed by atoms with van der Waals surface area (Å²) in [5.41, 5.74) is 0. The summed E-state index contributed by atoms with van der Waals surface area (Å²) in [6.45, 7) is 9.19. The zero-order valence-corrected chi connectivity index (χ0v) is 13.7. The highest BCUT2D eigenvalue weighted by molar-refractivity contribution is 5.87. The van der Waals surface area contributed by atoms with Crippen LogP contribution < -0.4 is 0 Å². The average molecular weight is 296 g/mol. The van der Waals surface area contributed by atoms with Gasteiger partial charge in [-0.25, -0.2) is 0 Å². The number of rotatable bonds is 6. The Bertz CT molecular complexity index is 374. The molecule has 1 fully saturated rings. The molecule has 0 spiro atoms. The normalized spacial score (nSPS) is 17.3. The molecular weight excluding hydrogens is 268 g/mol. The van der Waals surface area contributed by atoms with Crippen molar-refractivity contribution in [3.8, 4) is 0 Å². The second-order valence-corrected chi connectivity index (χ2v) is 5.99. The predicted octanol–water partition coefficient (Wildman–Crippen LogP) is 1.54. The van der Waals surface area contributed by atoms with Gasteiger partial charge in [-0.15, -0.1) is 0 Å². The molecule has 1 rings (SSSR count). The number of allylic oxidation sites excluding steroid dienone is 1. The monoisotopic (exact) mass is 296 g/mol. The molecule has 0 aromatic heterocycles. The molecule has 1 unspecified atom stereocenters. The van der Waals surface area contributed by atoms with Gasteiger partial charge in [-0.05, 0) is 18.4 Å². The number of carbonyl (C=O) groups excluding carboxylic acids is 2. The van der Waals surface area contributed by atoms with Crippen LogP contribution >= 0.6 is 0 Å². The van der Waals surface area contributed by atoms with Crippen LogP contribution in [0, 0.1) is 11.8 Å². The van der Waals surface area contributed by atoms with Crippen molar-refractivity contribution in [2.24, 2.45) is 11.8 Å². The zero-order valence-electron chi connectivity index (χ0n) is 13.7. The van der Waals surface area contributed by atoms with Gasteiger partial charge in [-0.3, -0.25) is 9.59 Å². The molecule has 5 nitrogen and oxygen atoms in total. The molecule has 1 atom stereocenters. The van der Waals surface area contributed by atoms with Gasteiger partial charge in [0, 0.05) is 32.6 Å². The van der Waals surface area contributed by atoms with E-state index < -0.39 is 0 Å². The Morgan fingerprint density at radius 1 is 1.24 bits per heavy atom. The highest BCUT2D eigenvalue weighted by atomic mass is 16.5. The number of likely N-dealkylation sites (N-methyl/N-ethyl adjacent to an activating group) is 1. The molecule has 0 aromatic rings. The number of nitrogens with zero attached hydrogens (tertiary/aromatic N) is 2. The third kappa shape index (κ3) is 6.29. The maximum atomic E-state index is 12.2. The molecule has 0 aliphatic carbocycles. The van der Waals surface area contributed by atoms with E-state index in [0.717, 1.165) is 0 Å². The molecular formula is C16H28N2O3. The lowest BCUT2D eigenvalue weighted by Crippen LogP contribution is -2.43. The van der Waals surface area contributed by atoms with Crippen LogP contribution in [-0.2, 0) is 14.3 Å². The lowest BCUT2D eigenvalue weighted by Gasteiger charge is -2.29. The summed E-state index contributed by atoms with van der Waals surface area (Å²) in [7, 11) is 1.78. The second-order valence-electron chi connectivity index (χ2n) is 5.99. The van der Waals surface area contributed by atoms with Gasteiger partial charge in [0.05, 0.1) is 13.2 Å². The Labute approximate surface area is 127 Å². The molecule has 120 valence electrons. The maximum absolute atomic E-state index is 12.2. The van der Waals surface area contributed by atoms with Crippen molar-refractivity contribution in [1.29, 1.82) is 0 Å². The molecule has 0 saturated carbocycles. The summed E-state index contributed by atoms with van der Waals surface area (Å²) < 4.78 is 5.25. The van der Waals surface area contributed by atoms with Gasteiger partial charge in [-0.2, -0.15) is 0 Å². The molecule has 1 aliphatic heterocycles. The third-order valence-electron chi connectivity index (χ3n) is 3.64. The Kier molecular flexibility index (Phi) is 7.43. The van der Waals surface area contributed by atoms with Gasteiger partial charge in [0.25, 0.3) is 0 Å². The summed E-state index contributed by atoms with van der Waals surface area (Å²) in [6.07, 6.45) is 4.19. The first kappa shape index (κ1) is 17.7. The largest absolute Gasteiger partial charge is 0.378 e. The van der Waals surface area contributed by atoms with Gasteiger partial charge in [0.15, 0.2) is 0 Å². The molecule has 1 heterocycles. The topological polar surface area (TPSA) is 49.9 Å². The summed E-state index contributed by atoms with van der Waals surface area (Å²) >= 11 is 0. The Hall–Kier alpha value is -1.36. The Morgan fingerprint density at radius 3 is 2.43 bits per heavy atom. The summed E-state index contributed by atoms with van der Waals surface area (Å²) in [6, 6.07) is 0. The van der Waals surface area contributed by atoms with Gasteiger partial charge >= 0.3 is 0 Å². The lowest BCUT2D eigenvalue weighted by molar-refractivity contribution is -0.139. The average Bonchev–Trinajstić information content (AvgIpc) is 2.49. The van der Waals surface area contributed by atoms with E-state index in [0.29, 0.717) is 45.2 Å². The zero-order chi connectivity index (χ0) is 15.8. The van der Waals surface area contributed by atoms with E-state index in [2.05, 4.69) is 0 Å². The summed E-state index contributed by atoms with van der Waals surface area (Å²) in [5, 5.41) is 0. The standard InChI is InChI=1S/C16H28N2O3/c1-13(2)5-6-15(19)17(4)8-7-14(3)16(20)18-9-11-21-12-10-18/h5-6,13-14H,7-12H2,1-4H3/b6-5+. The minimum atomic E-state index is -0.0626. The molecule has 0 radical (unpaired) electrons. The third-order valence-corrected chi connectivity index (χ3v) is 3.64. The predicted molar refractivity (Wildman–Crippen MR) is 82.8 cm³/mol. The van der Waals surface area contributed by atoms with E-state index in [-0.39, 0.29) is 17.7 Å². The van der Waals surface area contributed by atoms with E-state index in [9.17, 15) is 9.59 Å². The van der Waals surface area contributed by atoms with Crippen LogP contribution in [0.2, 0.25) is 0 Å². The maximum Gasteiger partial charge on any atom is 0.245 e. The molecule has 0 bridgehead atoms. The molecule has 1 aliphatic rings.